The normalized spacial score (nSPS) is 17.8. The second-order valence-electron chi connectivity index (χ2n) is 5.30. The van der Waals surface area contributed by atoms with E-state index in [1.807, 2.05) is 36.4 Å². The number of aromatic nitrogens is 1. The molecule has 0 aliphatic carbocycles. The minimum absolute atomic E-state index is 0. The minimum Gasteiger partial charge on any atom is -0.487 e. The van der Waals surface area contributed by atoms with Crippen LogP contribution >= 0.6 is 12.4 Å². The fourth-order valence-corrected chi connectivity index (χ4v) is 2.29. The quantitative estimate of drug-likeness (QED) is 0.887. The zero-order chi connectivity index (χ0) is 14.5. The van der Waals surface area contributed by atoms with Crippen LogP contribution in [-0.2, 0) is 6.61 Å². The molecular weight excluding hydrogens is 300 g/mol. The fourth-order valence-electron chi connectivity index (χ4n) is 2.29. The molecule has 5 heteroatoms. The van der Waals surface area contributed by atoms with Gasteiger partial charge in [-0.05, 0) is 25.5 Å². The predicted molar refractivity (Wildman–Crippen MR) is 88.8 cm³/mol. The molecule has 1 aromatic carbocycles. The lowest BCUT2D eigenvalue weighted by Crippen LogP contribution is -2.51. The summed E-state index contributed by atoms with van der Waals surface area (Å²) < 4.78 is 11.7. The summed E-state index contributed by atoms with van der Waals surface area (Å²) >= 11 is 0. The molecule has 2 heterocycles. The van der Waals surface area contributed by atoms with Gasteiger partial charge < -0.3 is 14.8 Å². The van der Waals surface area contributed by atoms with Crippen molar-refractivity contribution < 1.29 is 9.47 Å². The van der Waals surface area contributed by atoms with E-state index in [0.717, 1.165) is 23.6 Å². The van der Waals surface area contributed by atoms with Crippen molar-refractivity contribution in [1.82, 2.24) is 10.3 Å². The molecule has 2 atom stereocenters. The Morgan fingerprint density at radius 1 is 1.23 bits per heavy atom. The summed E-state index contributed by atoms with van der Waals surface area (Å²) in [5.41, 5.74) is 1.14. The Morgan fingerprint density at radius 2 is 1.95 bits per heavy atom. The third-order valence-corrected chi connectivity index (χ3v) is 3.69. The monoisotopic (exact) mass is 320 g/mol. The largest absolute Gasteiger partial charge is 0.487 e. The van der Waals surface area contributed by atoms with Crippen LogP contribution in [0, 0.1) is 0 Å². The zero-order valence-corrected chi connectivity index (χ0v) is 13.4. The smallest absolute Gasteiger partial charge is 0.141 e. The minimum atomic E-state index is 0. The van der Waals surface area contributed by atoms with E-state index < -0.39 is 0 Å². The molecule has 1 N–H and O–H groups in total. The standard InChI is InChI=1S/C17H20N2O2.ClH/c1-13(17-7-8-19-17)21-16-9-15(10-18-11-16)20-12-14-5-3-2-4-6-14;/h2-6,9-11,13,17,19H,7-8,12H2,1H3;1H/t13?,17-;/m0./s1. The summed E-state index contributed by atoms with van der Waals surface area (Å²) in [7, 11) is 0. The van der Waals surface area contributed by atoms with Crippen molar-refractivity contribution >= 4 is 12.4 Å². The van der Waals surface area contributed by atoms with E-state index in [0.29, 0.717) is 12.6 Å². The van der Waals surface area contributed by atoms with E-state index in [9.17, 15) is 0 Å². The number of halogens is 1. The van der Waals surface area contributed by atoms with E-state index in [-0.39, 0.29) is 18.5 Å². The number of nitrogens with one attached hydrogen (secondary N) is 1. The van der Waals surface area contributed by atoms with Crippen LogP contribution in [0.4, 0.5) is 0 Å². The highest BCUT2D eigenvalue weighted by Crippen LogP contribution is 2.21. The van der Waals surface area contributed by atoms with Gasteiger partial charge in [-0.1, -0.05) is 30.3 Å². The van der Waals surface area contributed by atoms with Gasteiger partial charge in [0.05, 0.1) is 12.4 Å². The third kappa shape index (κ3) is 4.36. The molecular formula is C17H21ClN2O2. The van der Waals surface area contributed by atoms with Gasteiger partial charge in [0.2, 0.25) is 0 Å². The van der Waals surface area contributed by atoms with Crippen molar-refractivity contribution in [3.63, 3.8) is 0 Å². The van der Waals surface area contributed by atoms with Crippen LogP contribution in [-0.4, -0.2) is 23.7 Å². The van der Waals surface area contributed by atoms with Crippen LogP contribution < -0.4 is 14.8 Å². The van der Waals surface area contributed by atoms with Crippen LogP contribution in [0.3, 0.4) is 0 Å². The molecule has 4 nitrogen and oxygen atoms in total. The zero-order valence-electron chi connectivity index (χ0n) is 12.6. The van der Waals surface area contributed by atoms with Gasteiger partial charge in [-0.15, -0.1) is 12.4 Å². The molecule has 118 valence electrons. The number of hydrogen-bond acceptors (Lipinski definition) is 4. The van der Waals surface area contributed by atoms with Crippen LogP contribution in [0.15, 0.2) is 48.8 Å². The molecule has 0 radical (unpaired) electrons. The average Bonchev–Trinajstić information content (AvgIpc) is 2.45. The van der Waals surface area contributed by atoms with Crippen LogP contribution in [0.2, 0.25) is 0 Å². The fraction of sp³-hybridized carbons (Fsp3) is 0.353. The third-order valence-electron chi connectivity index (χ3n) is 3.69. The number of hydrogen-bond donors (Lipinski definition) is 1. The number of ether oxygens (including phenoxy) is 2. The topological polar surface area (TPSA) is 43.4 Å². The number of pyridine rings is 1. The first kappa shape index (κ1) is 16.6. The molecule has 2 aromatic rings. The summed E-state index contributed by atoms with van der Waals surface area (Å²) in [4.78, 5) is 4.18. The Morgan fingerprint density at radius 3 is 2.64 bits per heavy atom. The maximum atomic E-state index is 5.91. The lowest BCUT2D eigenvalue weighted by Gasteiger charge is -2.33. The summed E-state index contributed by atoms with van der Waals surface area (Å²) in [5.74, 6) is 1.48. The Balaban J connectivity index is 0.00000176. The Hall–Kier alpha value is -1.78. The van der Waals surface area contributed by atoms with Crippen molar-refractivity contribution in [2.24, 2.45) is 0 Å². The van der Waals surface area contributed by atoms with E-state index in [4.69, 9.17) is 9.47 Å². The molecule has 1 aliphatic rings. The predicted octanol–water partition coefficient (Wildman–Crippen LogP) is 3.21. The maximum Gasteiger partial charge on any atom is 0.141 e. The SMILES string of the molecule is CC(Oc1cncc(OCc2ccccc2)c1)[C@@H]1CCN1.Cl. The van der Waals surface area contributed by atoms with Gasteiger partial charge in [0.1, 0.15) is 24.2 Å². The van der Waals surface area contributed by atoms with Crippen molar-refractivity contribution in [2.45, 2.75) is 32.1 Å². The molecule has 22 heavy (non-hydrogen) atoms. The number of rotatable bonds is 6. The highest BCUT2D eigenvalue weighted by Gasteiger charge is 2.24. The lowest BCUT2D eigenvalue weighted by molar-refractivity contribution is 0.132. The van der Waals surface area contributed by atoms with Crippen molar-refractivity contribution in [1.29, 1.82) is 0 Å². The van der Waals surface area contributed by atoms with Crippen molar-refractivity contribution in [2.75, 3.05) is 6.54 Å². The Labute approximate surface area is 137 Å². The van der Waals surface area contributed by atoms with Crippen LogP contribution in [0.25, 0.3) is 0 Å². The van der Waals surface area contributed by atoms with Crippen molar-refractivity contribution in [3.8, 4) is 11.5 Å². The van der Waals surface area contributed by atoms with Crippen LogP contribution in [0.5, 0.6) is 11.5 Å². The van der Waals surface area contributed by atoms with Gasteiger partial charge in [-0.25, -0.2) is 0 Å². The van der Waals surface area contributed by atoms with Gasteiger partial charge in [0.15, 0.2) is 0 Å². The van der Waals surface area contributed by atoms with Gasteiger partial charge in [0.25, 0.3) is 0 Å². The molecule has 0 saturated carbocycles. The molecule has 3 rings (SSSR count). The summed E-state index contributed by atoms with van der Waals surface area (Å²) in [6, 6.07) is 12.4. The Kier molecular flexibility index (Phi) is 6.04. The molecule has 1 unspecified atom stereocenters. The lowest BCUT2D eigenvalue weighted by atomic mass is 10.0. The number of benzene rings is 1. The Bertz CT molecular complexity index is 576. The highest BCUT2D eigenvalue weighted by atomic mass is 35.5. The molecule has 0 amide bonds. The number of nitrogens with zero attached hydrogens (tertiary/aromatic N) is 1. The molecule has 1 aliphatic heterocycles. The van der Waals surface area contributed by atoms with Gasteiger partial charge in [0, 0.05) is 12.1 Å². The first-order valence-electron chi connectivity index (χ1n) is 7.33. The average molecular weight is 321 g/mol. The summed E-state index contributed by atoms with van der Waals surface area (Å²) in [6.07, 6.45) is 4.75. The van der Waals surface area contributed by atoms with Gasteiger partial charge in [-0.3, -0.25) is 4.98 Å². The second kappa shape index (κ2) is 8.01. The second-order valence-corrected chi connectivity index (χ2v) is 5.30. The molecule has 1 saturated heterocycles. The first-order valence-corrected chi connectivity index (χ1v) is 7.33. The molecule has 0 bridgehead atoms. The van der Waals surface area contributed by atoms with E-state index in [2.05, 4.69) is 17.2 Å². The summed E-state index contributed by atoms with van der Waals surface area (Å²) in [6.45, 7) is 3.69. The highest BCUT2D eigenvalue weighted by molar-refractivity contribution is 5.85. The van der Waals surface area contributed by atoms with E-state index in [1.54, 1.807) is 12.4 Å². The van der Waals surface area contributed by atoms with Crippen molar-refractivity contribution in [3.05, 3.63) is 54.4 Å². The van der Waals surface area contributed by atoms with E-state index >= 15 is 0 Å². The summed E-state index contributed by atoms with van der Waals surface area (Å²) in [5, 5.41) is 3.35. The molecule has 1 fully saturated rings. The van der Waals surface area contributed by atoms with E-state index in [1.165, 1.54) is 6.42 Å². The molecule has 1 aromatic heterocycles. The van der Waals surface area contributed by atoms with Gasteiger partial charge in [-0.2, -0.15) is 0 Å². The maximum absolute atomic E-state index is 5.91. The van der Waals surface area contributed by atoms with Gasteiger partial charge >= 0.3 is 0 Å². The van der Waals surface area contributed by atoms with Crippen LogP contribution in [0.1, 0.15) is 18.9 Å². The molecule has 0 spiro atoms. The first-order chi connectivity index (χ1) is 10.3.